The summed E-state index contributed by atoms with van der Waals surface area (Å²) in [5.74, 6) is 2.48. The molecule has 3 nitrogen and oxygen atoms in total. The summed E-state index contributed by atoms with van der Waals surface area (Å²) < 4.78 is 4.81. The minimum Gasteiger partial charge on any atom is -0.308 e. The van der Waals surface area contributed by atoms with Crippen molar-refractivity contribution >= 4 is 54.7 Å². The van der Waals surface area contributed by atoms with Gasteiger partial charge in [0.25, 0.3) is 0 Å². The molecule has 34 heavy (non-hydrogen) atoms. The van der Waals surface area contributed by atoms with E-state index in [1.54, 1.807) is 0 Å². The van der Waals surface area contributed by atoms with Crippen LogP contribution in [-0.4, -0.2) is 4.40 Å². The minimum absolute atomic E-state index is 0.696. The van der Waals surface area contributed by atoms with E-state index in [0.29, 0.717) is 11.6 Å². The second kappa shape index (κ2) is 6.27. The fraction of sp³-hybridized carbons (Fsp3) is 0.290. The molecular formula is C31H26N3+. The maximum absolute atomic E-state index is 7.57. The first-order chi connectivity index (χ1) is 16.6. The number of aromatic nitrogens is 2. The van der Waals surface area contributed by atoms with E-state index in [4.69, 9.17) is 6.57 Å². The first-order valence-corrected chi connectivity index (χ1v) is 12.5. The molecule has 2 bridgehead atoms. The van der Waals surface area contributed by atoms with Crippen molar-refractivity contribution in [2.75, 3.05) is 0 Å². The first kappa shape index (κ1) is 18.7. The average molecular weight is 441 g/mol. The summed E-state index contributed by atoms with van der Waals surface area (Å²) in [7, 11) is 2.18. The molecular weight excluding hydrogens is 414 g/mol. The zero-order chi connectivity index (χ0) is 22.7. The van der Waals surface area contributed by atoms with Crippen LogP contribution >= 0.6 is 0 Å². The summed E-state index contributed by atoms with van der Waals surface area (Å²) >= 11 is 0. The molecule has 0 aliphatic heterocycles. The van der Waals surface area contributed by atoms with Gasteiger partial charge in [0.05, 0.1) is 33.9 Å². The Kier molecular flexibility index (Phi) is 3.46. The number of aryl methyl sites for hydroxylation is 2. The molecule has 0 amide bonds. The molecule has 2 saturated carbocycles. The highest BCUT2D eigenvalue weighted by atomic mass is 15.0. The van der Waals surface area contributed by atoms with Crippen LogP contribution in [0.25, 0.3) is 53.8 Å². The lowest BCUT2D eigenvalue weighted by atomic mass is 9.82. The molecule has 3 atom stereocenters. The zero-order valence-corrected chi connectivity index (χ0v) is 19.6. The van der Waals surface area contributed by atoms with Crippen LogP contribution in [0.1, 0.15) is 42.7 Å². The van der Waals surface area contributed by atoms with Gasteiger partial charge in [0, 0.05) is 11.5 Å². The standard InChI is InChI=1S/C31H26N3/c1-17-4-8-23-25-16-22(32-2)7-9-26(25)34-27-15-21(24-13-18-5-6-19(24)12-18)14-20-10-11-33(3)31(29(20)27)28(17)30(23)34/h4,7-11,14-16,18-19,24H,5-6,12-13H2,1,3H3/q+1. The highest BCUT2D eigenvalue weighted by Crippen LogP contribution is 2.53. The lowest BCUT2D eigenvalue weighted by Gasteiger charge is -2.23. The van der Waals surface area contributed by atoms with E-state index in [-0.39, 0.29) is 0 Å². The molecule has 6 aromatic rings. The lowest BCUT2D eigenvalue weighted by molar-refractivity contribution is -0.643. The van der Waals surface area contributed by atoms with Gasteiger partial charge in [-0.2, -0.15) is 0 Å². The molecule has 2 aliphatic carbocycles. The van der Waals surface area contributed by atoms with Gasteiger partial charge in [-0.05, 0) is 84.0 Å². The monoisotopic (exact) mass is 440 g/mol. The Morgan fingerprint density at radius 3 is 2.65 bits per heavy atom. The predicted octanol–water partition coefficient (Wildman–Crippen LogP) is 7.58. The topological polar surface area (TPSA) is 12.6 Å². The van der Waals surface area contributed by atoms with Gasteiger partial charge < -0.3 is 4.40 Å². The molecule has 2 fully saturated rings. The van der Waals surface area contributed by atoms with Crippen molar-refractivity contribution in [3.63, 3.8) is 0 Å². The quantitative estimate of drug-likeness (QED) is 0.108. The number of rotatable bonds is 1. The van der Waals surface area contributed by atoms with Gasteiger partial charge in [-0.3, -0.25) is 0 Å². The molecule has 0 saturated heterocycles. The minimum atomic E-state index is 0.696. The smallest absolute Gasteiger partial charge is 0.224 e. The fourth-order valence-electron chi connectivity index (χ4n) is 7.66. The van der Waals surface area contributed by atoms with Gasteiger partial charge in [0.15, 0.2) is 11.9 Å². The van der Waals surface area contributed by atoms with Crippen LogP contribution in [0.15, 0.2) is 54.7 Å². The van der Waals surface area contributed by atoms with Gasteiger partial charge in [-0.15, -0.1) is 0 Å². The third-order valence-electron chi connectivity index (χ3n) is 9.13. The number of benzene rings is 3. The summed E-state index contributed by atoms with van der Waals surface area (Å²) in [6.07, 6.45) is 7.84. The van der Waals surface area contributed by atoms with E-state index in [2.05, 4.69) is 76.4 Å². The van der Waals surface area contributed by atoms with E-state index in [1.807, 2.05) is 6.07 Å². The summed E-state index contributed by atoms with van der Waals surface area (Å²) in [4.78, 5) is 3.74. The molecule has 3 heterocycles. The molecule has 0 N–H and O–H groups in total. The Morgan fingerprint density at radius 1 is 0.941 bits per heavy atom. The Morgan fingerprint density at radius 2 is 1.85 bits per heavy atom. The molecule has 3 aromatic heterocycles. The molecule has 164 valence electrons. The Labute approximate surface area is 198 Å². The molecule has 3 unspecified atom stereocenters. The van der Waals surface area contributed by atoms with Gasteiger partial charge in [-0.1, -0.05) is 30.7 Å². The Balaban J connectivity index is 1.63. The van der Waals surface area contributed by atoms with Crippen molar-refractivity contribution in [3.05, 3.63) is 77.3 Å². The molecule has 3 aromatic carbocycles. The summed E-state index contributed by atoms with van der Waals surface area (Å²) in [5.41, 5.74) is 8.66. The number of hydrogen-bond donors (Lipinski definition) is 0. The number of hydrogen-bond acceptors (Lipinski definition) is 0. The average Bonchev–Trinajstić information content (AvgIpc) is 3.57. The molecule has 0 spiro atoms. The van der Waals surface area contributed by atoms with Gasteiger partial charge in [-0.25, -0.2) is 9.41 Å². The molecule has 2 aliphatic rings. The van der Waals surface area contributed by atoms with Gasteiger partial charge in [0.2, 0.25) is 5.52 Å². The van der Waals surface area contributed by atoms with E-state index in [0.717, 1.165) is 11.8 Å². The summed E-state index contributed by atoms with van der Waals surface area (Å²) in [6, 6.07) is 18.0. The Bertz CT molecular complexity index is 1870. The van der Waals surface area contributed by atoms with Crippen molar-refractivity contribution < 1.29 is 4.57 Å². The van der Waals surface area contributed by atoms with E-state index in [9.17, 15) is 0 Å². The Hall–Kier alpha value is -3.64. The SMILES string of the molecule is [C-]#[N+]c1ccc2c(c1)c1ccc(C)c3c1n2c1cc(C2CC4CCC2C4)cc2cc[n+](C)c3c21. The third kappa shape index (κ3) is 2.19. The fourth-order valence-corrected chi connectivity index (χ4v) is 7.66. The largest absolute Gasteiger partial charge is 0.308 e. The second-order valence-corrected chi connectivity index (χ2v) is 10.9. The van der Waals surface area contributed by atoms with Crippen molar-refractivity contribution in [2.24, 2.45) is 18.9 Å². The predicted molar refractivity (Wildman–Crippen MR) is 139 cm³/mol. The van der Waals surface area contributed by atoms with Crippen molar-refractivity contribution in [1.29, 1.82) is 0 Å². The maximum atomic E-state index is 7.57. The second-order valence-electron chi connectivity index (χ2n) is 10.9. The highest BCUT2D eigenvalue weighted by molar-refractivity contribution is 6.26. The van der Waals surface area contributed by atoms with Crippen LogP contribution in [0.3, 0.4) is 0 Å². The van der Waals surface area contributed by atoms with E-state index in [1.165, 1.54) is 85.8 Å². The van der Waals surface area contributed by atoms with E-state index >= 15 is 0 Å². The molecule has 3 heteroatoms. The van der Waals surface area contributed by atoms with Crippen LogP contribution < -0.4 is 4.57 Å². The van der Waals surface area contributed by atoms with Gasteiger partial charge >= 0.3 is 0 Å². The highest BCUT2D eigenvalue weighted by Gasteiger charge is 2.40. The van der Waals surface area contributed by atoms with Crippen LogP contribution in [0.5, 0.6) is 0 Å². The number of pyridine rings is 2. The van der Waals surface area contributed by atoms with Crippen LogP contribution in [0, 0.1) is 25.3 Å². The summed E-state index contributed by atoms with van der Waals surface area (Å²) in [5, 5.41) is 6.45. The first-order valence-electron chi connectivity index (χ1n) is 12.5. The van der Waals surface area contributed by atoms with E-state index < -0.39 is 0 Å². The zero-order valence-electron chi connectivity index (χ0n) is 19.6. The number of fused-ring (bicyclic) bond motifs is 7. The van der Waals surface area contributed by atoms with Crippen molar-refractivity contribution in [3.8, 4) is 0 Å². The van der Waals surface area contributed by atoms with Gasteiger partial charge in [0.1, 0.15) is 7.05 Å². The summed E-state index contributed by atoms with van der Waals surface area (Å²) in [6.45, 7) is 9.80. The maximum Gasteiger partial charge on any atom is 0.224 e. The molecule has 8 rings (SSSR count). The normalized spacial score (nSPS) is 22.2. The van der Waals surface area contributed by atoms with Crippen molar-refractivity contribution in [2.45, 2.75) is 38.5 Å². The number of nitrogens with zero attached hydrogens (tertiary/aromatic N) is 3. The lowest BCUT2D eigenvalue weighted by Crippen LogP contribution is -2.29. The van der Waals surface area contributed by atoms with Crippen LogP contribution in [-0.2, 0) is 7.05 Å². The molecule has 0 radical (unpaired) electrons. The van der Waals surface area contributed by atoms with Crippen LogP contribution in [0.2, 0.25) is 0 Å². The van der Waals surface area contributed by atoms with Crippen LogP contribution in [0.4, 0.5) is 5.69 Å². The third-order valence-corrected chi connectivity index (χ3v) is 9.13. The van der Waals surface area contributed by atoms with Crippen molar-refractivity contribution in [1.82, 2.24) is 4.40 Å².